The Morgan fingerprint density at radius 2 is 1.88 bits per heavy atom. The van der Waals surface area contributed by atoms with Gasteiger partial charge in [0.15, 0.2) is 11.6 Å². The van der Waals surface area contributed by atoms with Crippen LogP contribution in [-0.2, 0) is 0 Å². The smallest absolute Gasteiger partial charge is 0.253 e. The van der Waals surface area contributed by atoms with Crippen molar-refractivity contribution in [1.82, 2.24) is 4.90 Å². The van der Waals surface area contributed by atoms with Crippen molar-refractivity contribution in [3.8, 4) is 11.5 Å². The molecule has 0 spiro atoms. The van der Waals surface area contributed by atoms with E-state index in [0.29, 0.717) is 24.4 Å². The number of halogens is 2. The van der Waals surface area contributed by atoms with Crippen LogP contribution >= 0.6 is 0 Å². The Hall–Kier alpha value is -2.47. The quantitative estimate of drug-likeness (QED) is 0.901. The third-order valence-electron chi connectivity index (χ3n) is 4.82. The normalized spacial score (nSPS) is 19.3. The van der Waals surface area contributed by atoms with Crippen LogP contribution in [0.3, 0.4) is 0 Å². The van der Waals surface area contributed by atoms with Crippen molar-refractivity contribution in [2.24, 2.45) is 11.1 Å². The molecule has 1 aliphatic rings. The van der Waals surface area contributed by atoms with Gasteiger partial charge in [-0.2, -0.15) is 0 Å². The summed E-state index contributed by atoms with van der Waals surface area (Å²) in [5, 5.41) is 0. The maximum absolute atomic E-state index is 13.7. The number of amides is 1. The molecule has 1 atom stereocenters. The second-order valence-electron chi connectivity index (χ2n) is 7.31. The van der Waals surface area contributed by atoms with Crippen LogP contribution < -0.4 is 10.5 Å². The van der Waals surface area contributed by atoms with Gasteiger partial charge in [0.2, 0.25) is 0 Å². The Kier molecular flexibility index (Phi) is 4.96. The van der Waals surface area contributed by atoms with Crippen LogP contribution in [0.5, 0.6) is 11.5 Å². The van der Waals surface area contributed by atoms with Gasteiger partial charge in [-0.05, 0) is 48.2 Å². The Bertz CT molecular complexity index is 806. The average Bonchev–Trinajstić information content (AvgIpc) is 2.60. The molecule has 4 nitrogen and oxygen atoms in total. The van der Waals surface area contributed by atoms with Crippen LogP contribution in [0.1, 0.15) is 30.6 Å². The van der Waals surface area contributed by atoms with Gasteiger partial charge in [-0.15, -0.1) is 0 Å². The number of nitrogens with two attached hydrogens (primary N) is 1. The highest BCUT2D eigenvalue weighted by Crippen LogP contribution is 2.29. The predicted molar refractivity (Wildman–Crippen MR) is 95.2 cm³/mol. The van der Waals surface area contributed by atoms with E-state index in [0.717, 1.165) is 18.6 Å². The molecule has 1 amide bonds. The van der Waals surface area contributed by atoms with Crippen molar-refractivity contribution in [3.05, 3.63) is 59.7 Å². The zero-order valence-corrected chi connectivity index (χ0v) is 14.8. The van der Waals surface area contributed by atoms with Crippen LogP contribution in [0.4, 0.5) is 8.78 Å². The van der Waals surface area contributed by atoms with Crippen LogP contribution in [0.25, 0.3) is 0 Å². The fourth-order valence-corrected chi connectivity index (χ4v) is 3.08. The lowest BCUT2D eigenvalue weighted by atomic mass is 9.79. The fourth-order valence-electron chi connectivity index (χ4n) is 3.08. The lowest BCUT2D eigenvalue weighted by Crippen LogP contribution is -2.53. The van der Waals surface area contributed by atoms with E-state index < -0.39 is 11.6 Å². The number of piperidine rings is 1. The van der Waals surface area contributed by atoms with E-state index >= 15 is 0 Å². The second kappa shape index (κ2) is 7.03. The third-order valence-corrected chi connectivity index (χ3v) is 4.82. The minimum atomic E-state index is -0.781. The van der Waals surface area contributed by atoms with Gasteiger partial charge in [0, 0.05) is 30.8 Å². The largest absolute Gasteiger partial charge is 0.454 e. The topological polar surface area (TPSA) is 55.6 Å². The van der Waals surface area contributed by atoms with Crippen molar-refractivity contribution in [2.45, 2.75) is 26.3 Å². The van der Waals surface area contributed by atoms with Crippen molar-refractivity contribution in [2.75, 3.05) is 13.1 Å². The lowest BCUT2D eigenvalue weighted by molar-refractivity contribution is 0.0533. The fraction of sp³-hybridized carbons (Fsp3) is 0.350. The van der Waals surface area contributed by atoms with Gasteiger partial charge >= 0.3 is 0 Å². The molecular formula is C20H22F2N2O2. The molecule has 6 heteroatoms. The van der Waals surface area contributed by atoms with E-state index in [2.05, 4.69) is 13.8 Å². The first-order valence-corrected chi connectivity index (χ1v) is 8.54. The SMILES string of the molecule is CC1(C)CN(C(=O)c2ccc(Oc3ccc(F)cc3F)cc2)CCC1N. The summed E-state index contributed by atoms with van der Waals surface area (Å²) in [5.41, 5.74) is 6.52. The first kappa shape index (κ1) is 18.3. The number of carbonyl (C=O) groups is 1. The maximum Gasteiger partial charge on any atom is 0.253 e. The third kappa shape index (κ3) is 3.85. The minimum Gasteiger partial charge on any atom is -0.454 e. The molecule has 1 unspecified atom stereocenters. The number of nitrogens with zero attached hydrogens (tertiary/aromatic N) is 1. The molecule has 1 heterocycles. The van der Waals surface area contributed by atoms with Gasteiger partial charge in [-0.1, -0.05) is 13.8 Å². The van der Waals surface area contributed by atoms with E-state index in [9.17, 15) is 13.6 Å². The highest BCUT2D eigenvalue weighted by atomic mass is 19.1. The molecular weight excluding hydrogens is 338 g/mol. The van der Waals surface area contributed by atoms with Crippen LogP contribution in [0, 0.1) is 17.0 Å². The molecule has 2 aromatic rings. The molecule has 0 aromatic heterocycles. The zero-order valence-electron chi connectivity index (χ0n) is 14.8. The minimum absolute atomic E-state index is 0.0653. The zero-order chi connectivity index (χ0) is 18.9. The number of carbonyl (C=O) groups excluding carboxylic acids is 1. The molecule has 1 aliphatic heterocycles. The molecule has 26 heavy (non-hydrogen) atoms. The summed E-state index contributed by atoms with van der Waals surface area (Å²) in [5.74, 6) is -1.22. The predicted octanol–water partition coefficient (Wildman–Crippen LogP) is 3.96. The number of ether oxygens (including phenoxy) is 1. The summed E-state index contributed by atoms with van der Waals surface area (Å²) in [4.78, 5) is 14.5. The summed E-state index contributed by atoms with van der Waals surface area (Å²) in [6.07, 6.45) is 0.768. The molecule has 2 N–H and O–H groups in total. The first-order chi connectivity index (χ1) is 12.3. The molecule has 1 fully saturated rings. The standard InChI is InChI=1S/C20H22F2N2O2/c1-20(2)12-24(10-9-18(20)23)19(25)13-3-6-15(7-4-13)26-17-8-5-14(21)11-16(17)22/h3-8,11,18H,9-10,12,23H2,1-2H3. The van der Waals surface area contributed by atoms with Crippen molar-refractivity contribution < 1.29 is 18.3 Å². The number of hydrogen-bond donors (Lipinski definition) is 1. The second-order valence-corrected chi connectivity index (χ2v) is 7.31. The summed E-state index contributed by atoms with van der Waals surface area (Å²) < 4.78 is 32.0. The summed E-state index contributed by atoms with van der Waals surface area (Å²) in [6, 6.07) is 9.65. The van der Waals surface area contributed by atoms with E-state index in [1.54, 1.807) is 29.2 Å². The first-order valence-electron chi connectivity index (χ1n) is 8.54. The molecule has 1 saturated heterocycles. The molecule has 0 radical (unpaired) electrons. The molecule has 0 saturated carbocycles. The van der Waals surface area contributed by atoms with Gasteiger partial charge in [0.05, 0.1) is 0 Å². The van der Waals surface area contributed by atoms with E-state index in [1.807, 2.05) is 0 Å². The maximum atomic E-state index is 13.7. The number of hydrogen-bond acceptors (Lipinski definition) is 3. The monoisotopic (exact) mass is 360 g/mol. The van der Waals surface area contributed by atoms with E-state index in [-0.39, 0.29) is 23.1 Å². The van der Waals surface area contributed by atoms with E-state index in [4.69, 9.17) is 10.5 Å². The number of benzene rings is 2. The van der Waals surface area contributed by atoms with E-state index in [1.165, 1.54) is 6.07 Å². The Morgan fingerprint density at radius 3 is 2.50 bits per heavy atom. The highest BCUT2D eigenvalue weighted by molar-refractivity contribution is 5.94. The van der Waals surface area contributed by atoms with Crippen LogP contribution in [0.15, 0.2) is 42.5 Å². The average molecular weight is 360 g/mol. The Morgan fingerprint density at radius 1 is 1.19 bits per heavy atom. The van der Waals surface area contributed by atoms with Gasteiger partial charge in [0.25, 0.3) is 5.91 Å². The molecule has 3 rings (SSSR count). The van der Waals surface area contributed by atoms with Crippen molar-refractivity contribution >= 4 is 5.91 Å². The lowest BCUT2D eigenvalue weighted by Gasteiger charge is -2.42. The molecule has 0 bridgehead atoms. The Labute approximate surface area is 151 Å². The summed E-state index contributed by atoms with van der Waals surface area (Å²) in [7, 11) is 0. The van der Waals surface area contributed by atoms with Crippen molar-refractivity contribution in [1.29, 1.82) is 0 Å². The number of likely N-dealkylation sites (tertiary alicyclic amines) is 1. The summed E-state index contributed by atoms with van der Waals surface area (Å²) in [6.45, 7) is 5.35. The molecule has 2 aromatic carbocycles. The molecule has 0 aliphatic carbocycles. The van der Waals surface area contributed by atoms with Crippen molar-refractivity contribution in [3.63, 3.8) is 0 Å². The summed E-state index contributed by atoms with van der Waals surface area (Å²) >= 11 is 0. The molecule has 138 valence electrons. The van der Waals surface area contributed by atoms with Gasteiger partial charge in [0.1, 0.15) is 11.6 Å². The Balaban J connectivity index is 1.70. The highest BCUT2D eigenvalue weighted by Gasteiger charge is 2.35. The van der Waals surface area contributed by atoms with Gasteiger partial charge in [-0.3, -0.25) is 4.79 Å². The van der Waals surface area contributed by atoms with Crippen LogP contribution in [0.2, 0.25) is 0 Å². The van der Waals surface area contributed by atoms with Crippen LogP contribution in [-0.4, -0.2) is 29.9 Å². The van der Waals surface area contributed by atoms with Gasteiger partial charge in [-0.25, -0.2) is 8.78 Å². The van der Waals surface area contributed by atoms with Gasteiger partial charge < -0.3 is 15.4 Å². The number of rotatable bonds is 3.